The molecule has 26 heteroatoms. The number of nitrogens with two attached hydrogens (primary N) is 3. The van der Waals surface area contributed by atoms with E-state index in [0.29, 0.717) is 25.0 Å². The second-order valence-corrected chi connectivity index (χ2v) is 16.9. The molecule has 0 unspecified atom stereocenters. The fraction of sp³-hybridized carbons (Fsp3) is 0.718. The van der Waals surface area contributed by atoms with Gasteiger partial charge in [0.2, 0.25) is 59.1 Å². The molecule has 8 atom stereocenters. The van der Waals surface area contributed by atoms with Gasteiger partial charge >= 0.3 is 5.97 Å². The highest BCUT2D eigenvalue weighted by atomic mass is 32.2. The zero-order chi connectivity index (χ0) is 49.2. The number of nitrogens with one attached hydrogen (secondary N) is 9. The first-order valence-electron chi connectivity index (χ1n) is 21.4. The number of rotatable bonds is 18. The van der Waals surface area contributed by atoms with E-state index in [-0.39, 0.29) is 51.1 Å². The van der Waals surface area contributed by atoms with Crippen LogP contribution in [0.15, 0.2) is 0 Å². The molecule has 368 valence electrons. The van der Waals surface area contributed by atoms with Crippen LogP contribution in [-0.4, -0.2) is 162 Å². The maximum atomic E-state index is 13.9. The second kappa shape index (κ2) is 30.5. The summed E-state index contributed by atoms with van der Waals surface area (Å²) in [6, 6.07) is -10.9. The van der Waals surface area contributed by atoms with Gasteiger partial charge in [0.15, 0.2) is 0 Å². The third-order valence-electron chi connectivity index (χ3n) is 9.74. The summed E-state index contributed by atoms with van der Waals surface area (Å²) in [6.45, 7) is 3.79. The average Bonchev–Trinajstić information content (AvgIpc) is 3.22. The van der Waals surface area contributed by atoms with E-state index in [9.17, 15) is 63.0 Å². The lowest BCUT2D eigenvalue weighted by molar-refractivity contribution is -0.142. The molecule has 0 bridgehead atoms. The molecule has 0 aromatic heterocycles. The Morgan fingerprint density at radius 2 is 1.03 bits per heavy atom. The first-order valence-corrected chi connectivity index (χ1v) is 22.8. The van der Waals surface area contributed by atoms with Gasteiger partial charge in [0.1, 0.15) is 42.3 Å². The Labute approximate surface area is 381 Å². The molecule has 0 radical (unpaired) electrons. The highest BCUT2D eigenvalue weighted by molar-refractivity contribution is 7.98. The summed E-state index contributed by atoms with van der Waals surface area (Å²) in [4.78, 5) is 145. The Kier molecular flexibility index (Phi) is 27.0. The van der Waals surface area contributed by atoms with Crippen molar-refractivity contribution in [1.29, 1.82) is 0 Å². The Bertz CT molecular complexity index is 1670. The molecular weight excluding hydrogens is 877 g/mol. The van der Waals surface area contributed by atoms with Crippen LogP contribution < -0.4 is 65.1 Å². The van der Waals surface area contributed by atoms with E-state index < -0.39 is 139 Å². The predicted molar refractivity (Wildman–Crippen MR) is 236 cm³/mol. The Hall–Kier alpha value is -5.60. The van der Waals surface area contributed by atoms with E-state index in [1.165, 1.54) is 11.8 Å². The number of aliphatic hydroxyl groups excluding tert-OH is 1. The maximum absolute atomic E-state index is 13.9. The molecule has 1 aliphatic rings. The summed E-state index contributed by atoms with van der Waals surface area (Å²) in [7, 11) is 0. The van der Waals surface area contributed by atoms with Crippen molar-refractivity contribution in [3.63, 3.8) is 0 Å². The molecule has 0 aromatic rings. The zero-order valence-electron chi connectivity index (χ0n) is 37.3. The Morgan fingerprint density at radius 3 is 1.52 bits per heavy atom. The number of carbonyl (C=O) groups is 11. The summed E-state index contributed by atoms with van der Waals surface area (Å²) in [5.41, 5.74) is 16.6. The van der Waals surface area contributed by atoms with E-state index >= 15 is 0 Å². The van der Waals surface area contributed by atoms with Crippen molar-refractivity contribution >= 4 is 76.8 Å². The molecule has 1 saturated heterocycles. The molecule has 25 nitrogen and oxygen atoms in total. The molecule has 1 rings (SSSR count). The van der Waals surface area contributed by atoms with Gasteiger partial charge in [-0.25, -0.2) is 0 Å². The van der Waals surface area contributed by atoms with Gasteiger partial charge in [-0.15, -0.1) is 0 Å². The highest BCUT2D eigenvalue weighted by Gasteiger charge is 2.36. The van der Waals surface area contributed by atoms with Crippen LogP contribution >= 0.6 is 11.8 Å². The lowest BCUT2D eigenvalue weighted by Gasteiger charge is -2.28. The van der Waals surface area contributed by atoms with Crippen molar-refractivity contribution in [3.05, 3.63) is 0 Å². The molecule has 0 spiro atoms. The normalized spacial score (nSPS) is 24.7. The molecule has 0 aliphatic carbocycles. The standard InChI is InChI=1S/C39H68N12O13S/c1-20(2)15-25-36(61)48-24(11-14-65-4)34(59)47-23(10-6-8-13-41)35(60)51-32(21(3)52)39(64)50-26(16-28(42)53)37(62)49-27(17-31(56)57)38(63)46-22(9-5-7-12-40)33(58)44-18-29(54)43-19-30(55)45-25/h20-27,32,52H,5-19,40-41H2,1-4H3,(H2,42,53)(H,43,54)(H,44,58)(H,45,55)(H,46,63)(H,47,59)(H,48,61)(H,49,62)(H,50,64)(H,51,60)(H,56,57)/t21-,22+,23+,24+,25+,26+,27+,32+/m1/s1. The summed E-state index contributed by atoms with van der Waals surface area (Å²) in [5, 5.41) is 41.7. The third kappa shape index (κ3) is 22.7. The summed E-state index contributed by atoms with van der Waals surface area (Å²) in [5.74, 6) is -11.3. The van der Waals surface area contributed by atoms with Crippen molar-refractivity contribution in [2.24, 2.45) is 23.1 Å². The van der Waals surface area contributed by atoms with Gasteiger partial charge < -0.3 is 75.3 Å². The van der Waals surface area contributed by atoms with Gasteiger partial charge in [-0.3, -0.25) is 52.7 Å². The number of carbonyl (C=O) groups excluding carboxylic acids is 10. The van der Waals surface area contributed by atoms with Gasteiger partial charge in [0, 0.05) is 0 Å². The number of hydrogen-bond acceptors (Lipinski definition) is 15. The van der Waals surface area contributed by atoms with E-state index in [1.54, 1.807) is 20.1 Å². The first kappa shape index (κ1) is 57.4. The minimum atomic E-state index is -1.92. The van der Waals surface area contributed by atoms with Crippen LogP contribution in [0.4, 0.5) is 0 Å². The molecule has 1 aliphatic heterocycles. The van der Waals surface area contributed by atoms with Crippen molar-refractivity contribution < 1.29 is 63.0 Å². The molecule has 0 saturated carbocycles. The van der Waals surface area contributed by atoms with Gasteiger partial charge in [-0.05, 0) is 89.3 Å². The lowest BCUT2D eigenvalue weighted by Crippen LogP contribution is -2.62. The van der Waals surface area contributed by atoms with Crippen molar-refractivity contribution in [2.45, 2.75) is 133 Å². The van der Waals surface area contributed by atoms with Crippen molar-refractivity contribution in [1.82, 2.24) is 47.9 Å². The van der Waals surface area contributed by atoms with Gasteiger partial charge in [-0.1, -0.05) is 13.8 Å². The van der Waals surface area contributed by atoms with Crippen LogP contribution in [0.25, 0.3) is 0 Å². The van der Waals surface area contributed by atoms with Crippen LogP contribution in [0.3, 0.4) is 0 Å². The maximum Gasteiger partial charge on any atom is 0.305 e. The number of primary amides is 1. The first-order chi connectivity index (χ1) is 30.6. The molecule has 0 aromatic carbocycles. The van der Waals surface area contributed by atoms with Crippen molar-refractivity contribution in [3.8, 4) is 0 Å². The van der Waals surface area contributed by atoms with Gasteiger partial charge in [0.25, 0.3) is 0 Å². The lowest BCUT2D eigenvalue weighted by atomic mass is 10.0. The smallest absolute Gasteiger partial charge is 0.305 e. The van der Waals surface area contributed by atoms with Crippen molar-refractivity contribution in [2.75, 3.05) is 38.2 Å². The Morgan fingerprint density at radius 1 is 0.585 bits per heavy atom. The second-order valence-electron chi connectivity index (χ2n) is 15.9. The molecule has 1 fully saturated rings. The zero-order valence-corrected chi connectivity index (χ0v) is 38.1. The monoisotopic (exact) mass is 944 g/mol. The van der Waals surface area contributed by atoms with E-state index in [1.807, 2.05) is 0 Å². The molecule has 10 amide bonds. The van der Waals surface area contributed by atoms with E-state index in [0.717, 1.165) is 6.92 Å². The van der Waals surface area contributed by atoms with E-state index in [4.69, 9.17) is 17.2 Å². The minimum Gasteiger partial charge on any atom is -0.481 e. The average molecular weight is 945 g/mol. The quantitative estimate of drug-likeness (QED) is 0.0570. The summed E-state index contributed by atoms with van der Waals surface area (Å²) >= 11 is 1.36. The molecule has 65 heavy (non-hydrogen) atoms. The van der Waals surface area contributed by atoms with Gasteiger partial charge in [0.05, 0.1) is 32.0 Å². The van der Waals surface area contributed by atoms with Crippen LogP contribution in [0.1, 0.15) is 85.0 Å². The number of hydrogen-bond donors (Lipinski definition) is 14. The summed E-state index contributed by atoms with van der Waals surface area (Å²) < 4.78 is 0. The predicted octanol–water partition coefficient (Wildman–Crippen LogP) is -5.59. The molecule has 1 heterocycles. The Balaban J connectivity index is 3.82. The number of amides is 10. The number of aliphatic carboxylic acids is 1. The number of aliphatic hydroxyl groups is 1. The van der Waals surface area contributed by atoms with Gasteiger partial charge in [-0.2, -0.15) is 11.8 Å². The van der Waals surface area contributed by atoms with E-state index in [2.05, 4.69) is 47.9 Å². The number of carboxylic acids is 1. The largest absolute Gasteiger partial charge is 0.481 e. The molecule has 17 N–H and O–H groups in total. The number of thioether (sulfide) groups is 1. The fourth-order valence-electron chi connectivity index (χ4n) is 6.31. The SMILES string of the molecule is CSCC[C@@H]1NC(=O)[C@H](CC(C)C)NC(=O)CNC(=O)CNC(=O)[C@H](CCCCN)NC(=O)[C@H](CC(=O)O)NC(=O)[C@H](CC(N)=O)NC(=O)[C@H]([C@@H](C)O)NC(=O)[C@H](CCCCN)NC1=O. The van der Waals surface area contributed by atoms with Crippen LogP contribution in [0.2, 0.25) is 0 Å². The third-order valence-corrected chi connectivity index (χ3v) is 10.4. The highest BCUT2D eigenvalue weighted by Crippen LogP contribution is 2.11. The van der Waals surface area contributed by atoms with Crippen LogP contribution in [0.5, 0.6) is 0 Å². The number of unbranched alkanes of at least 4 members (excludes halogenated alkanes) is 2. The number of carboxylic acid groups (broad SMARTS) is 1. The topological polar surface area (TPSA) is 415 Å². The minimum absolute atomic E-state index is 0.0292. The summed E-state index contributed by atoms with van der Waals surface area (Å²) in [6.07, 6.45) is -0.416. The van der Waals surface area contributed by atoms with Crippen LogP contribution in [-0.2, 0) is 52.7 Å². The van der Waals surface area contributed by atoms with Crippen LogP contribution in [0, 0.1) is 5.92 Å². The fourth-order valence-corrected chi connectivity index (χ4v) is 6.78. The molecular formula is C39H68N12O13S.